The highest BCUT2D eigenvalue weighted by Crippen LogP contribution is 2.40. The van der Waals surface area contributed by atoms with E-state index >= 15 is 0 Å². The van der Waals surface area contributed by atoms with Gasteiger partial charge in [-0.3, -0.25) is 9.97 Å². The van der Waals surface area contributed by atoms with Crippen LogP contribution in [0.15, 0.2) is 194 Å². The number of hydrogen-bond acceptors (Lipinski definition) is 7. The fraction of sp³-hybridized carbons (Fsp3) is 0. The fourth-order valence-corrected chi connectivity index (χ4v) is 8.79. The summed E-state index contributed by atoms with van der Waals surface area (Å²) >= 11 is 1.73. The molecule has 0 aliphatic heterocycles. The van der Waals surface area contributed by atoms with Crippen molar-refractivity contribution < 1.29 is 0 Å². The third kappa shape index (κ3) is 6.49. The Hall–Kier alpha value is -7.74. The Bertz CT molecular complexity index is 3190. The van der Waals surface area contributed by atoms with Crippen LogP contribution < -0.4 is 0 Å². The van der Waals surface area contributed by atoms with Crippen LogP contribution in [-0.2, 0) is 0 Å². The molecule has 0 spiro atoms. The second-order valence-corrected chi connectivity index (χ2v) is 15.4. The predicted octanol–water partition coefficient (Wildman–Crippen LogP) is 13.2. The van der Waals surface area contributed by atoms with Crippen LogP contribution in [0.2, 0.25) is 0 Å². The first-order chi connectivity index (χ1) is 29.2. The van der Waals surface area contributed by atoms with Gasteiger partial charge in [0.2, 0.25) is 0 Å². The summed E-state index contributed by atoms with van der Waals surface area (Å²) in [6.07, 6.45) is 3.80. The Morgan fingerprint density at radius 2 is 0.915 bits per heavy atom. The van der Waals surface area contributed by atoms with E-state index in [1.165, 1.54) is 4.70 Å². The van der Waals surface area contributed by atoms with Gasteiger partial charge >= 0.3 is 0 Å². The van der Waals surface area contributed by atoms with E-state index in [2.05, 4.69) is 127 Å². The summed E-state index contributed by atoms with van der Waals surface area (Å²) in [4.78, 5) is 30.5. The molecule has 0 bridgehead atoms. The summed E-state index contributed by atoms with van der Waals surface area (Å²) in [7, 11) is 0. The van der Waals surface area contributed by atoms with Crippen LogP contribution in [0.1, 0.15) is 0 Å². The summed E-state index contributed by atoms with van der Waals surface area (Å²) in [6.45, 7) is 0. The summed E-state index contributed by atoms with van der Waals surface area (Å²) < 4.78 is 2.23. The number of benzene rings is 6. The van der Waals surface area contributed by atoms with Crippen molar-refractivity contribution in [3.63, 3.8) is 0 Å². The maximum Gasteiger partial charge on any atom is 0.161 e. The molecule has 11 rings (SSSR count). The number of fused-ring (bicyclic) bond motifs is 4. The topological polar surface area (TPSA) is 77.3 Å². The van der Waals surface area contributed by atoms with E-state index in [0.29, 0.717) is 23.0 Å². The molecule has 0 amide bonds. The minimum Gasteiger partial charge on any atom is -0.254 e. The van der Waals surface area contributed by atoms with Gasteiger partial charge in [-0.2, -0.15) is 0 Å². The molecule has 0 atom stereocenters. The number of thiophene rings is 1. The molecule has 276 valence electrons. The zero-order valence-electron chi connectivity index (χ0n) is 31.6. The van der Waals surface area contributed by atoms with Crippen LogP contribution in [0, 0.1) is 0 Å². The van der Waals surface area contributed by atoms with Crippen LogP contribution in [-0.4, -0.2) is 29.9 Å². The highest BCUT2D eigenvalue weighted by atomic mass is 32.1. The van der Waals surface area contributed by atoms with Crippen LogP contribution in [0.3, 0.4) is 0 Å². The molecule has 6 nitrogen and oxygen atoms in total. The molecule has 59 heavy (non-hydrogen) atoms. The van der Waals surface area contributed by atoms with E-state index in [4.69, 9.17) is 29.9 Å². The van der Waals surface area contributed by atoms with Gasteiger partial charge in [-0.05, 0) is 46.2 Å². The predicted molar refractivity (Wildman–Crippen MR) is 242 cm³/mol. The van der Waals surface area contributed by atoms with Gasteiger partial charge < -0.3 is 0 Å². The number of hydrogen-bond donors (Lipinski definition) is 0. The lowest BCUT2D eigenvalue weighted by molar-refractivity contribution is 1.15. The van der Waals surface area contributed by atoms with Gasteiger partial charge in [0.15, 0.2) is 11.6 Å². The number of nitrogens with zero attached hydrogens (tertiary/aromatic N) is 6. The Morgan fingerprint density at radius 1 is 0.356 bits per heavy atom. The number of rotatable bonds is 7. The van der Waals surface area contributed by atoms with E-state index < -0.39 is 0 Å². The largest absolute Gasteiger partial charge is 0.254 e. The Labute approximate surface area is 344 Å². The Balaban J connectivity index is 1.02. The normalized spacial score (nSPS) is 11.4. The molecule has 0 aliphatic carbocycles. The van der Waals surface area contributed by atoms with E-state index in [9.17, 15) is 0 Å². The van der Waals surface area contributed by atoms with Gasteiger partial charge in [0.25, 0.3) is 0 Å². The van der Waals surface area contributed by atoms with E-state index in [1.807, 2.05) is 67.0 Å². The maximum absolute atomic E-state index is 5.31. The third-order valence-corrected chi connectivity index (χ3v) is 11.8. The first-order valence-electron chi connectivity index (χ1n) is 19.4. The zero-order chi connectivity index (χ0) is 39.1. The van der Waals surface area contributed by atoms with Crippen molar-refractivity contribution in [2.24, 2.45) is 0 Å². The minimum atomic E-state index is 0.582. The molecule has 7 heteroatoms. The lowest BCUT2D eigenvalue weighted by Gasteiger charge is -2.11. The van der Waals surface area contributed by atoms with Gasteiger partial charge in [-0.25, -0.2) is 19.9 Å². The van der Waals surface area contributed by atoms with Gasteiger partial charge in [-0.15, -0.1) is 11.3 Å². The average molecular weight is 773 g/mol. The zero-order valence-corrected chi connectivity index (χ0v) is 32.4. The molecule has 0 N–H and O–H groups in total. The smallest absolute Gasteiger partial charge is 0.161 e. The first-order valence-corrected chi connectivity index (χ1v) is 20.2. The molecule has 5 aromatic heterocycles. The van der Waals surface area contributed by atoms with Gasteiger partial charge in [0.1, 0.15) is 0 Å². The van der Waals surface area contributed by atoms with Crippen LogP contribution in [0.25, 0.3) is 110 Å². The molecule has 0 saturated carbocycles. The Kier molecular flexibility index (Phi) is 8.56. The lowest BCUT2D eigenvalue weighted by Crippen LogP contribution is -1.98. The highest BCUT2D eigenvalue weighted by Gasteiger charge is 2.19. The summed E-state index contributed by atoms with van der Waals surface area (Å²) in [5.74, 6) is 1.28. The van der Waals surface area contributed by atoms with Crippen LogP contribution in [0.5, 0.6) is 0 Å². The molecule has 0 aliphatic rings. The first kappa shape index (κ1) is 34.5. The van der Waals surface area contributed by atoms with Crippen molar-refractivity contribution in [1.82, 2.24) is 29.9 Å². The summed E-state index contributed by atoms with van der Waals surface area (Å²) in [5, 5.41) is 3.40. The molecular formula is C52H32N6S. The van der Waals surface area contributed by atoms with Crippen molar-refractivity contribution in [3.05, 3.63) is 194 Å². The summed E-state index contributed by atoms with van der Waals surface area (Å²) in [6, 6.07) is 62.3. The molecule has 6 aromatic carbocycles. The SMILES string of the molecule is c1ccc(-c2ccc(-c3cc(-c4ccc(-c5ccccc5)cn4)nc(-c4ccc(-c5nc(-c6cccc7ccccc67)nc6c5sc5ccccc56)cc4)n3)nc2)cc1. The van der Waals surface area contributed by atoms with E-state index in [1.54, 1.807) is 11.3 Å². The van der Waals surface area contributed by atoms with Crippen molar-refractivity contribution in [1.29, 1.82) is 0 Å². The minimum absolute atomic E-state index is 0.582. The number of pyridine rings is 2. The van der Waals surface area contributed by atoms with E-state index in [0.717, 1.165) is 82.4 Å². The van der Waals surface area contributed by atoms with Gasteiger partial charge in [-0.1, -0.05) is 158 Å². The molecule has 0 radical (unpaired) electrons. The second-order valence-electron chi connectivity index (χ2n) is 14.3. The van der Waals surface area contributed by atoms with Crippen LogP contribution in [0.4, 0.5) is 0 Å². The van der Waals surface area contributed by atoms with Crippen LogP contribution >= 0.6 is 11.3 Å². The van der Waals surface area contributed by atoms with Gasteiger partial charge in [0.05, 0.1) is 38.7 Å². The fourth-order valence-electron chi connectivity index (χ4n) is 7.64. The standard InChI is InChI=1S/C52H32N6S/c1-3-12-33(13-4-1)38-26-28-43(53-31-38)45-30-46(44-29-27-39(32-54-44)34-14-5-2-6-15-34)56-51(55-45)37-24-22-36(23-25-37)48-50-49(42-19-9-10-21-47(42)59-50)58-52(57-48)41-20-11-17-35-16-7-8-18-40(35)41/h1-32H. The summed E-state index contributed by atoms with van der Waals surface area (Å²) in [5.41, 5.74) is 11.9. The van der Waals surface area contributed by atoms with Crippen molar-refractivity contribution in [3.8, 4) is 79.1 Å². The molecule has 0 saturated heterocycles. The molecular weight excluding hydrogens is 741 g/mol. The lowest BCUT2D eigenvalue weighted by atomic mass is 10.0. The van der Waals surface area contributed by atoms with Crippen molar-refractivity contribution >= 4 is 42.4 Å². The molecule has 11 aromatic rings. The average Bonchev–Trinajstić information content (AvgIpc) is 3.70. The Morgan fingerprint density at radius 3 is 1.56 bits per heavy atom. The number of aromatic nitrogens is 6. The monoisotopic (exact) mass is 772 g/mol. The van der Waals surface area contributed by atoms with Crippen molar-refractivity contribution in [2.75, 3.05) is 0 Å². The third-order valence-electron chi connectivity index (χ3n) is 10.7. The quantitative estimate of drug-likeness (QED) is 0.161. The molecule has 0 unspecified atom stereocenters. The second kappa shape index (κ2) is 14.6. The highest BCUT2D eigenvalue weighted by molar-refractivity contribution is 7.26. The van der Waals surface area contributed by atoms with Crippen molar-refractivity contribution in [2.45, 2.75) is 0 Å². The molecule has 5 heterocycles. The van der Waals surface area contributed by atoms with E-state index in [-0.39, 0.29) is 0 Å². The van der Waals surface area contributed by atoms with Gasteiger partial charge in [0, 0.05) is 50.3 Å². The molecule has 0 fully saturated rings. The maximum atomic E-state index is 5.31.